The summed E-state index contributed by atoms with van der Waals surface area (Å²) in [6, 6.07) is 16.2. The van der Waals surface area contributed by atoms with Gasteiger partial charge in [0.15, 0.2) is 0 Å². The smallest absolute Gasteiger partial charge is 0.416 e. The number of nitrogens with two attached hydrogens (primary N) is 1. The number of rotatable bonds is 13. The molecule has 4 aromatic rings. The fraction of sp³-hybridized carbons (Fsp3) is 0.267. The number of nitrogens with zero attached hydrogens (tertiary/aromatic N) is 3. The van der Waals surface area contributed by atoms with E-state index in [1.807, 2.05) is 30.3 Å². The molecule has 0 radical (unpaired) electrons. The third kappa shape index (κ3) is 7.72. The maximum Gasteiger partial charge on any atom is 0.416 e. The molecule has 0 spiro atoms. The monoisotopic (exact) mass is 581 g/mol. The zero-order valence-electron chi connectivity index (χ0n) is 22.6. The number of hydrogen-bond donors (Lipinski definition) is 3. The number of aliphatic hydroxyl groups is 1. The lowest BCUT2D eigenvalue weighted by Crippen LogP contribution is -2.45. The fourth-order valence-corrected chi connectivity index (χ4v) is 4.36. The molecule has 2 aromatic heterocycles. The Labute approximate surface area is 240 Å². The average Bonchev–Trinajstić information content (AvgIpc) is 3.33. The molecule has 2 heterocycles. The molecule has 12 heteroatoms. The highest BCUT2D eigenvalue weighted by molar-refractivity contribution is 5.86. The number of aliphatic hydroxyl groups excluding tert-OH is 1. The van der Waals surface area contributed by atoms with Crippen LogP contribution in [0.4, 0.5) is 13.2 Å². The molecule has 42 heavy (non-hydrogen) atoms. The van der Waals surface area contributed by atoms with E-state index in [4.69, 9.17) is 10.5 Å². The Hall–Kier alpha value is -4.71. The van der Waals surface area contributed by atoms with Crippen molar-refractivity contribution in [3.05, 3.63) is 95.8 Å². The van der Waals surface area contributed by atoms with Crippen molar-refractivity contribution in [2.45, 2.75) is 37.9 Å². The number of carbonyl (C=O) groups excluding carboxylic acids is 2. The van der Waals surface area contributed by atoms with Crippen LogP contribution < -0.4 is 15.8 Å². The number of carbonyl (C=O) groups is 2. The molecule has 0 aliphatic heterocycles. The highest BCUT2D eigenvalue weighted by atomic mass is 19.4. The van der Waals surface area contributed by atoms with Gasteiger partial charge in [-0.25, -0.2) is 4.68 Å². The van der Waals surface area contributed by atoms with Crippen molar-refractivity contribution in [1.82, 2.24) is 20.1 Å². The molecule has 0 saturated heterocycles. The molecule has 0 aliphatic carbocycles. The van der Waals surface area contributed by atoms with E-state index < -0.39 is 23.7 Å². The van der Waals surface area contributed by atoms with E-state index in [-0.39, 0.29) is 50.7 Å². The summed E-state index contributed by atoms with van der Waals surface area (Å²) in [4.78, 5) is 28.6. The van der Waals surface area contributed by atoms with Crippen molar-refractivity contribution in [1.29, 1.82) is 0 Å². The number of pyridine rings is 1. The van der Waals surface area contributed by atoms with Crippen LogP contribution in [-0.2, 0) is 28.6 Å². The van der Waals surface area contributed by atoms with E-state index >= 15 is 0 Å². The van der Waals surface area contributed by atoms with Gasteiger partial charge in [0.25, 0.3) is 0 Å². The molecule has 220 valence electrons. The number of halogens is 3. The number of amides is 2. The van der Waals surface area contributed by atoms with Crippen molar-refractivity contribution in [3.63, 3.8) is 0 Å². The predicted molar refractivity (Wildman–Crippen MR) is 149 cm³/mol. The van der Waals surface area contributed by atoms with E-state index in [9.17, 15) is 27.9 Å². The van der Waals surface area contributed by atoms with Gasteiger partial charge in [0.1, 0.15) is 11.7 Å². The van der Waals surface area contributed by atoms with Crippen LogP contribution in [0.2, 0.25) is 0 Å². The van der Waals surface area contributed by atoms with Crippen LogP contribution in [0.1, 0.15) is 29.5 Å². The molecule has 2 aromatic carbocycles. The van der Waals surface area contributed by atoms with E-state index in [1.165, 1.54) is 16.8 Å². The molecule has 4 rings (SSSR count). The van der Waals surface area contributed by atoms with Gasteiger partial charge in [0.05, 0.1) is 17.9 Å². The van der Waals surface area contributed by atoms with Crippen LogP contribution >= 0.6 is 0 Å². The lowest BCUT2D eigenvalue weighted by Gasteiger charge is -2.16. The first-order chi connectivity index (χ1) is 20.2. The van der Waals surface area contributed by atoms with Crippen molar-refractivity contribution < 1.29 is 32.6 Å². The summed E-state index contributed by atoms with van der Waals surface area (Å²) in [6.45, 7) is -0.189. The van der Waals surface area contributed by atoms with Gasteiger partial charge in [-0.1, -0.05) is 30.3 Å². The summed E-state index contributed by atoms with van der Waals surface area (Å²) in [7, 11) is 0. The van der Waals surface area contributed by atoms with Crippen LogP contribution in [0.5, 0.6) is 5.88 Å². The minimum atomic E-state index is -4.50. The fourth-order valence-electron chi connectivity index (χ4n) is 4.36. The van der Waals surface area contributed by atoms with Crippen molar-refractivity contribution in [2.24, 2.45) is 5.73 Å². The molecular formula is C30H30F3N5O4. The first-order valence-electron chi connectivity index (χ1n) is 13.2. The van der Waals surface area contributed by atoms with Gasteiger partial charge in [0, 0.05) is 49.4 Å². The Balaban J connectivity index is 1.51. The number of aromatic nitrogens is 3. The maximum absolute atomic E-state index is 13.2. The molecular weight excluding hydrogens is 551 g/mol. The molecule has 0 fully saturated rings. The molecule has 9 nitrogen and oxygen atoms in total. The first kappa shape index (κ1) is 30.3. The second-order valence-electron chi connectivity index (χ2n) is 9.47. The molecule has 4 N–H and O–H groups in total. The van der Waals surface area contributed by atoms with Gasteiger partial charge in [0.2, 0.25) is 17.7 Å². The lowest BCUT2D eigenvalue weighted by atomic mass is 10.1. The largest absolute Gasteiger partial charge is 0.477 e. The maximum atomic E-state index is 13.2. The second kappa shape index (κ2) is 13.8. The standard InChI is InChI=1S/C30H30F3N5O4/c31-30(32,33)22-10-12-23(13-11-22)38-29(24(14-16-39)27(37-38)21-8-4-15-35-19-21)42-17-5-9-26(40)36-25(28(34)41)18-20-6-2-1-3-7-20/h1-4,6-8,10-13,15,19,25,39H,5,9,14,16-18H2,(H2,34,41)(H,36,40)/t25-/m0/s1. The minimum Gasteiger partial charge on any atom is -0.477 e. The summed E-state index contributed by atoms with van der Waals surface area (Å²) in [6.07, 6.45) is -0.640. The highest BCUT2D eigenvalue weighted by Gasteiger charge is 2.30. The number of hydrogen-bond acceptors (Lipinski definition) is 6. The van der Waals surface area contributed by atoms with E-state index in [2.05, 4.69) is 15.4 Å². The van der Waals surface area contributed by atoms with Crippen molar-refractivity contribution in [2.75, 3.05) is 13.2 Å². The average molecular weight is 582 g/mol. The Kier molecular flexibility index (Phi) is 9.92. The number of ether oxygens (including phenoxy) is 1. The Morgan fingerprint density at radius 1 is 1.05 bits per heavy atom. The Morgan fingerprint density at radius 2 is 1.79 bits per heavy atom. The molecule has 0 saturated carbocycles. The predicted octanol–water partition coefficient (Wildman–Crippen LogP) is 3.86. The third-order valence-corrected chi connectivity index (χ3v) is 6.42. The topological polar surface area (TPSA) is 132 Å². The normalized spacial score (nSPS) is 12.1. The number of alkyl halides is 3. The summed E-state index contributed by atoms with van der Waals surface area (Å²) in [5, 5.41) is 17.0. The van der Waals surface area contributed by atoms with Crippen molar-refractivity contribution in [3.8, 4) is 22.8 Å². The quantitative estimate of drug-likeness (QED) is 0.206. The molecule has 1 atom stereocenters. The van der Waals surface area contributed by atoms with Crippen LogP contribution in [0, 0.1) is 0 Å². The zero-order valence-corrected chi connectivity index (χ0v) is 22.6. The SMILES string of the molecule is NC(=O)[C@H](Cc1ccccc1)NC(=O)CCCOc1c(CCO)c(-c2cccnc2)nn1-c1ccc(C(F)(F)F)cc1. The van der Waals surface area contributed by atoms with E-state index in [1.54, 1.807) is 24.5 Å². The van der Waals surface area contributed by atoms with Gasteiger partial charge in [-0.3, -0.25) is 14.6 Å². The second-order valence-corrected chi connectivity index (χ2v) is 9.47. The molecule has 2 amide bonds. The minimum absolute atomic E-state index is 0.0256. The van der Waals surface area contributed by atoms with Crippen LogP contribution in [-0.4, -0.2) is 50.9 Å². The molecule has 0 unspecified atom stereocenters. The van der Waals surface area contributed by atoms with Gasteiger partial charge in [-0.15, -0.1) is 0 Å². The number of benzene rings is 2. The van der Waals surface area contributed by atoms with Gasteiger partial charge in [-0.2, -0.15) is 18.3 Å². The lowest BCUT2D eigenvalue weighted by molar-refractivity contribution is -0.137. The number of primary amides is 1. The summed E-state index contributed by atoms with van der Waals surface area (Å²) < 4.78 is 46.9. The molecule has 0 bridgehead atoms. The summed E-state index contributed by atoms with van der Waals surface area (Å²) in [5.41, 5.74) is 7.46. The van der Waals surface area contributed by atoms with Crippen LogP contribution in [0.15, 0.2) is 79.1 Å². The Morgan fingerprint density at radius 3 is 2.40 bits per heavy atom. The first-order valence-corrected chi connectivity index (χ1v) is 13.2. The Bertz CT molecular complexity index is 1480. The zero-order chi connectivity index (χ0) is 30.1. The highest BCUT2D eigenvalue weighted by Crippen LogP contribution is 2.35. The van der Waals surface area contributed by atoms with Gasteiger partial charge >= 0.3 is 6.18 Å². The summed E-state index contributed by atoms with van der Waals surface area (Å²) >= 11 is 0. The number of nitrogens with one attached hydrogen (secondary N) is 1. The summed E-state index contributed by atoms with van der Waals surface area (Å²) in [5.74, 6) is -0.816. The molecule has 0 aliphatic rings. The van der Waals surface area contributed by atoms with E-state index in [0.717, 1.165) is 17.7 Å². The van der Waals surface area contributed by atoms with Crippen molar-refractivity contribution >= 4 is 11.8 Å². The third-order valence-electron chi connectivity index (χ3n) is 6.42. The van der Waals surface area contributed by atoms with Gasteiger partial charge in [-0.05, 0) is 48.4 Å². The van der Waals surface area contributed by atoms with E-state index in [0.29, 0.717) is 22.5 Å². The van der Waals surface area contributed by atoms with Crippen LogP contribution in [0.25, 0.3) is 16.9 Å². The van der Waals surface area contributed by atoms with Crippen LogP contribution in [0.3, 0.4) is 0 Å². The van der Waals surface area contributed by atoms with Gasteiger partial charge < -0.3 is 20.9 Å².